The molecule has 1 aromatic carbocycles. The zero-order chi connectivity index (χ0) is 14.1. The third-order valence-electron chi connectivity index (χ3n) is 3.40. The van der Waals surface area contributed by atoms with Gasteiger partial charge in [0, 0.05) is 26.1 Å². The van der Waals surface area contributed by atoms with Crippen molar-refractivity contribution in [2.24, 2.45) is 0 Å². The maximum atomic E-state index is 13.8. The Hall–Kier alpha value is -0.220. The second kappa shape index (κ2) is 6.27. The minimum absolute atomic E-state index is 0.218. The molecule has 3 rings (SSSR count). The van der Waals surface area contributed by atoms with Crippen LogP contribution in [0.25, 0.3) is 0 Å². The molecule has 2 aromatic rings. The van der Waals surface area contributed by atoms with Crippen molar-refractivity contribution in [3.8, 4) is 0 Å². The van der Waals surface area contributed by atoms with Crippen LogP contribution in [0.15, 0.2) is 24.3 Å². The van der Waals surface area contributed by atoms with Crippen LogP contribution in [0.1, 0.15) is 26.3 Å². The van der Waals surface area contributed by atoms with Crippen LogP contribution in [-0.4, -0.2) is 5.75 Å². The fraction of sp³-hybridized carbons (Fsp3) is 0.333. The summed E-state index contributed by atoms with van der Waals surface area (Å²) in [6.07, 6.45) is 1.55. The van der Waals surface area contributed by atoms with E-state index in [1.54, 1.807) is 23.5 Å². The van der Waals surface area contributed by atoms with Crippen LogP contribution < -0.4 is 0 Å². The molecule has 106 valence electrons. The molecule has 2 heterocycles. The summed E-state index contributed by atoms with van der Waals surface area (Å²) in [6.45, 7) is 0. The molecule has 1 atom stereocenters. The van der Waals surface area contributed by atoms with E-state index in [2.05, 4.69) is 6.07 Å². The number of hydrogen-bond donors (Lipinski definition) is 0. The van der Waals surface area contributed by atoms with Crippen molar-refractivity contribution in [1.82, 2.24) is 0 Å². The highest BCUT2D eigenvalue weighted by atomic mass is 35.5. The van der Waals surface area contributed by atoms with Crippen molar-refractivity contribution in [1.29, 1.82) is 0 Å². The van der Waals surface area contributed by atoms with Crippen LogP contribution in [0, 0.1) is 5.82 Å². The summed E-state index contributed by atoms with van der Waals surface area (Å²) in [5.41, 5.74) is 1.90. The van der Waals surface area contributed by atoms with Crippen molar-refractivity contribution in [3.05, 3.63) is 56.0 Å². The molecular formula is C15H13Cl2FS2. The first-order valence-electron chi connectivity index (χ1n) is 6.41. The SMILES string of the molecule is Fc1cccc(Cl)c1CC(Cl)c1cc2c(s1)CCSC2. The zero-order valence-electron chi connectivity index (χ0n) is 10.7. The highest BCUT2D eigenvalue weighted by molar-refractivity contribution is 7.98. The molecule has 1 aliphatic rings. The van der Waals surface area contributed by atoms with Gasteiger partial charge in [-0.15, -0.1) is 22.9 Å². The first-order chi connectivity index (χ1) is 9.65. The maximum Gasteiger partial charge on any atom is 0.127 e. The summed E-state index contributed by atoms with van der Waals surface area (Å²) in [7, 11) is 0. The highest BCUT2D eigenvalue weighted by Crippen LogP contribution is 2.38. The normalized spacial score (nSPS) is 15.9. The van der Waals surface area contributed by atoms with Gasteiger partial charge in [0.2, 0.25) is 0 Å². The first-order valence-corrected chi connectivity index (χ1v) is 9.20. The van der Waals surface area contributed by atoms with Gasteiger partial charge in [-0.3, -0.25) is 0 Å². The predicted molar refractivity (Wildman–Crippen MR) is 87.9 cm³/mol. The smallest absolute Gasteiger partial charge is 0.127 e. The molecule has 0 N–H and O–H groups in total. The van der Waals surface area contributed by atoms with Crippen LogP contribution >= 0.6 is 46.3 Å². The lowest BCUT2D eigenvalue weighted by Gasteiger charge is -2.10. The molecular weight excluding hydrogens is 334 g/mol. The number of aryl methyl sites for hydroxylation is 1. The van der Waals surface area contributed by atoms with Crippen molar-refractivity contribution in [2.75, 3.05) is 5.75 Å². The molecule has 20 heavy (non-hydrogen) atoms. The molecule has 0 nitrogen and oxygen atoms in total. The van der Waals surface area contributed by atoms with Gasteiger partial charge in [0.05, 0.1) is 5.38 Å². The Balaban J connectivity index is 1.82. The van der Waals surface area contributed by atoms with Gasteiger partial charge in [0.1, 0.15) is 5.82 Å². The number of hydrogen-bond acceptors (Lipinski definition) is 2. The number of thioether (sulfide) groups is 1. The van der Waals surface area contributed by atoms with E-state index < -0.39 is 0 Å². The monoisotopic (exact) mass is 346 g/mol. The number of benzene rings is 1. The van der Waals surface area contributed by atoms with E-state index >= 15 is 0 Å². The summed E-state index contributed by atoms with van der Waals surface area (Å²) in [4.78, 5) is 2.56. The summed E-state index contributed by atoms with van der Waals surface area (Å²) in [5, 5.41) is 0.234. The van der Waals surface area contributed by atoms with Crippen LogP contribution in [0.4, 0.5) is 4.39 Å². The zero-order valence-corrected chi connectivity index (χ0v) is 13.8. The van der Waals surface area contributed by atoms with Gasteiger partial charge in [0.25, 0.3) is 0 Å². The van der Waals surface area contributed by atoms with Crippen LogP contribution in [0.2, 0.25) is 5.02 Å². The lowest BCUT2D eigenvalue weighted by atomic mass is 10.1. The molecule has 0 aliphatic carbocycles. The average Bonchev–Trinajstić information content (AvgIpc) is 2.87. The number of halogens is 3. The van der Waals surface area contributed by atoms with E-state index in [1.807, 2.05) is 11.8 Å². The molecule has 0 amide bonds. The van der Waals surface area contributed by atoms with Gasteiger partial charge in [-0.05, 0) is 42.4 Å². The molecule has 1 aliphatic heterocycles. The Bertz CT molecular complexity index is 581. The molecule has 1 aromatic heterocycles. The quantitative estimate of drug-likeness (QED) is 0.628. The topological polar surface area (TPSA) is 0 Å². The fourth-order valence-electron chi connectivity index (χ4n) is 2.33. The molecule has 1 unspecified atom stereocenters. The Labute approximate surface area is 136 Å². The second-order valence-electron chi connectivity index (χ2n) is 4.77. The molecule has 0 fully saturated rings. The van der Waals surface area contributed by atoms with Crippen molar-refractivity contribution >= 4 is 46.3 Å². The third kappa shape index (κ3) is 3.01. The first kappa shape index (κ1) is 14.7. The van der Waals surface area contributed by atoms with Gasteiger partial charge in [-0.25, -0.2) is 4.39 Å². The van der Waals surface area contributed by atoms with E-state index in [0.717, 1.165) is 17.1 Å². The summed E-state index contributed by atoms with van der Waals surface area (Å²) < 4.78 is 13.8. The molecule has 0 bridgehead atoms. The Morgan fingerprint density at radius 3 is 2.95 bits per heavy atom. The van der Waals surface area contributed by atoms with Crippen LogP contribution in [0.3, 0.4) is 0 Å². The number of alkyl halides is 1. The summed E-state index contributed by atoms with van der Waals surface area (Å²) in [6, 6.07) is 6.94. The highest BCUT2D eigenvalue weighted by Gasteiger charge is 2.20. The lowest BCUT2D eigenvalue weighted by Crippen LogP contribution is -1.98. The van der Waals surface area contributed by atoms with E-state index in [1.165, 1.54) is 22.3 Å². The van der Waals surface area contributed by atoms with Gasteiger partial charge in [-0.2, -0.15) is 11.8 Å². The molecule has 0 saturated carbocycles. The van der Waals surface area contributed by atoms with Crippen LogP contribution in [-0.2, 0) is 18.6 Å². The van der Waals surface area contributed by atoms with E-state index in [4.69, 9.17) is 23.2 Å². The van der Waals surface area contributed by atoms with Gasteiger partial charge in [0.15, 0.2) is 0 Å². The summed E-state index contributed by atoms with van der Waals surface area (Å²) >= 11 is 16.3. The van der Waals surface area contributed by atoms with E-state index in [-0.39, 0.29) is 11.2 Å². The average molecular weight is 347 g/mol. The minimum Gasteiger partial charge on any atom is -0.207 e. The number of thiophene rings is 1. The Morgan fingerprint density at radius 1 is 1.35 bits per heavy atom. The fourth-order valence-corrected chi connectivity index (χ4v) is 5.28. The molecule has 0 spiro atoms. The second-order valence-corrected chi connectivity index (χ2v) is 7.98. The largest absolute Gasteiger partial charge is 0.207 e. The minimum atomic E-state index is -0.278. The third-order valence-corrected chi connectivity index (χ3v) is 6.63. The van der Waals surface area contributed by atoms with E-state index in [9.17, 15) is 4.39 Å². The Kier molecular flexibility index (Phi) is 4.61. The van der Waals surface area contributed by atoms with Gasteiger partial charge < -0.3 is 0 Å². The standard InChI is InChI=1S/C15H13Cl2FS2/c16-11-2-1-3-13(18)10(11)7-12(17)15-6-9-8-19-5-4-14(9)20-15/h1-3,6,12H,4-5,7-8H2. The number of fused-ring (bicyclic) bond motifs is 1. The van der Waals surface area contributed by atoms with Crippen molar-refractivity contribution in [3.63, 3.8) is 0 Å². The number of rotatable bonds is 3. The van der Waals surface area contributed by atoms with Crippen LogP contribution in [0.5, 0.6) is 0 Å². The maximum absolute atomic E-state index is 13.8. The van der Waals surface area contributed by atoms with Crippen molar-refractivity contribution < 1.29 is 4.39 Å². The van der Waals surface area contributed by atoms with Crippen molar-refractivity contribution in [2.45, 2.75) is 24.0 Å². The molecule has 0 saturated heterocycles. The summed E-state index contributed by atoms with van der Waals surface area (Å²) in [5.74, 6) is 1.97. The van der Waals surface area contributed by atoms with Gasteiger partial charge in [-0.1, -0.05) is 17.7 Å². The van der Waals surface area contributed by atoms with E-state index in [0.29, 0.717) is 17.0 Å². The van der Waals surface area contributed by atoms with Gasteiger partial charge >= 0.3 is 0 Å². The lowest BCUT2D eigenvalue weighted by molar-refractivity contribution is 0.608. The predicted octanol–water partition coefficient (Wildman–Crippen LogP) is 5.85. The Morgan fingerprint density at radius 2 is 2.20 bits per heavy atom. The molecule has 5 heteroatoms. The molecule has 0 radical (unpaired) electrons.